The summed E-state index contributed by atoms with van der Waals surface area (Å²) in [6.07, 6.45) is 2.06. The normalized spacial score (nSPS) is 21.4. The van der Waals surface area contributed by atoms with Gasteiger partial charge in [-0.2, -0.15) is 0 Å². The van der Waals surface area contributed by atoms with Gasteiger partial charge in [0, 0.05) is 15.0 Å². The molecule has 2 aromatic rings. The smallest absolute Gasteiger partial charge is 0.147 e. The molecular formula is C16H14Br2FN. The maximum absolute atomic E-state index is 13.8. The van der Waals surface area contributed by atoms with E-state index in [2.05, 4.69) is 55.4 Å². The fourth-order valence-electron chi connectivity index (χ4n) is 2.64. The van der Waals surface area contributed by atoms with Crippen molar-refractivity contribution in [3.63, 3.8) is 0 Å². The van der Waals surface area contributed by atoms with Crippen molar-refractivity contribution >= 4 is 37.5 Å². The first-order valence-corrected chi connectivity index (χ1v) is 8.18. The monoisotopic (exact) mass is 397 g/mol. The molecule has 0 spiro atoms. The maximum Gasteiger partial charge on any atom is 0.147 e. The molecule has 0 bridgehead atoms. The van der Waals surface area contributed by atoms with Crippen LogP contribution in [0.5, 0.6) is 0 Å². The van der Waals surface area contributed by atoms with E-state index in [1.807, 2.05) is 12.1 Å². The minimum absolute atomic E-state index is 0.205. The Balaban J connectivity index is 1.66. The molecule has 104 valence electrons. The Bertz CT molecular complexity index is 603. The van der Waals surface area contributed by atoms with Crippen LogP contribution in [0.3, 0.4) is 0 Å². The van der Waals surface area contributed by atoms with Crippen molar-refractivity contribution in [1.82, 2.24) is 0 Å². The largest absolute Gasteiger partial charge is 0.379 e. The third kappa shape index (κ3) is 2.77. The van der Waals surface area contributed by atoms with Gasteiger partial charge in [0.05, 0.1) is 5.69 Å². The van der Waals surface area contributed by atoms with Gasteiger partial charge in [0.1, 0.15) is 5.82 Å². The van der Waals surface area contributed by atoms with E-state index < -0.39 is 0 Å². The van der Waals surface area contributed by atoms with E-state index >= 15 is 0 Å². The van der Waals surface area contributed by atoms with E-state index in [4.69, 9.17) is 0 Å². The summed E-state index contributed by atoms with van der Waals surface area (Å²) < 4.78 is 15.7. The number of benzene rings is 2. The maximum atomic E-state index is 13.8. The fraction of sp³-hybridized carbons (Fsp3) is 0.250. The summed E-state index contributed by atoms with van der Waals surface area (Å²) in [5, 5.41) is 3.30. The van der Waals surface area contributed by atoms with E-state index in [1.165, 1.54) is 11.6 Å². The zero-order chi connectivity index (χ0) is 14.1. The Kier molecular flexibility index (Phi) is 4.13. The second-order valence-corrected chi connectivity index (χ2v) is 6.84. The molecule has 0 amide bonds. The molecule has 1 nitrogen and oxygen atoms in total. The van der Waals surface area contributed by atoms with Crippen LogP contribution < -0.4 is 5.32 Å². The highest BCUT2D eigenvalue weighted by Gasteiger charge is 2.32. The second-order valence-electron chi connectivity index (χ2n) is 5.13. The van der Waals surface area contributed by atoms with E-state index in [9.17, 15) is 4.39 Å². The van der Waals surface area contributed by atoms with Crippen molar-refractivity contribution in [1.29, 1.82) is 0 Å². The Morgan fingerprint density at radius 1 is 0.950 bits per heavy atom. The minimum atomic E-state index is -0.205. The lowest BCUT2D eigenvalue weighted by Crippen LogP contribution is -2.34. The minimum Gasteiger partial charge on any atom is -0.379 e. The number of para-hydroxylation sites is 1. The molecule has 0 atom stereocenters. The van der Waals surface area contributed by atoms with E-state index in [0.717, 1.165) is 21.8 Å². The van der Waals surface area contributed by atoms with Crippen LogP contribution in [0.4, 0.5) is 10.1 Å². The van der Waals surface area contributed by atoms with Crippen LogP contribution >= 0.6 is 31.9 Å². The molecule has 0 aliphatic heterocycles. The van der Waals surface area contributed by atoms with Crippen molar-refractivity contribution in [2.75, 3.05) is 5.32 Å². The van der Waals surface area contributed by atoms with Crippen molar-refractivity contribution in [2.45, 2.75) is 24.8 Å². The van der Waals surface area contributed by atoms with Gasteiger partial charge in [0.2, 0.25) is 0 Å². The molecule has 0 radical (unpaired) electrons. The summed E-state index contributed by atoms with van der Waals surface area (Å²) in [7, 11) is 0. The van der Waals surface area contributed by atoms with Gasteiger partial charge in [-0.15, -0.1) is 0 Å². The van der Waals surface area contributed by atoms with Gasteiger partial charge in [0.15, 0.2) is 0 Å². The number of hydrogen-bond donors (Lipinski definition) is 1. The lowest BCUT2D eigenvalue weighted by Gasteiger charge is -2.37. The van der Waals surface area contributed by atoms with Crippen LogP contribution in [0.2, 0.25) is 0 Å². The second kappa shape index (κ2) is 5.86. The summed E-state index contributed by atoms with van der Waals surface area (Å²) in [5.74, 6) is 0.345. The van der Waals surface area contributed by atoms with Crippen LogP contribution in [-0.2, 0) is 0 Å². The third-order valence-electron chi connectivity index (χ3n) is 3.79. The molecule has 0 saturated heterocycles. The lowest BCUT2D eigenvalue weighted by molar-refractivity contribution is 0.371. The molecule has 1 fully saturated rings. The van der Waals surface area contributed by atoms with Gasteiger partial charge in [-0.3, -0.25) is 0 Å². The van der Waals surface area contributed by atoms with E-state index in [0.29, 0.717) is 17.6 Å². The number of nitrogens with one attached hydrogen (secondary N) is 1. The molecule has 0 unspecified atom stereocenters. The topological polar surface area (TPSA) is 12.0 Å². The number of anilines is 1. The first-order valence-electron chi connectivity index (χ1n) is 6.60. The van der Waals surface area contributed by atoms with Crippen molar-refractivity contribution < 1.29 is 4.39 Å². The summed E-state index contributed by atoms with van der Waals surface area (Å²) in [4.78, 5) is 0. The standard InChI is InChI=1S/C16H14Br2FN/c17-13-5-2-1-4-12(13)10-8-11(9-10)20-16-14(18)6-3-7-15(16)19/h1-7,10-11,20H,8-9H2. The van der Waals surface area contributed by atoms with Crippen LogP contribution in [0.15, 0.2) is 51.4 Å². The zero-order valence-corrected chi connectivity index (χ0v) is 13.9. The number of halogens is 3. The predicted molar refractivity (Wildman–Crippen MR) is 87.6 cm³/mol. The first kappa shape index (κ1) is 14.1. The van der Waals surface area contributed by atoms with Crippen LogP contribution in [0, 0.1) is 5.82 Å². The van der Waals surface area contributed by atoms with Crippen LogP contribution in [-0.4, -0.2) is 6.04 Å². The first-order chi connectivity index (χ1) is 9.65. The highest BCUT2D eigenvalue weighted by molar-refractivity contribution is 9.10. The van der Waals surface area contributed by atoms with Gasteiger partial charge < -0.3 is 5.32 Å². The van der Waals surface area contributed by atoms with Crippen LogP contribution in [0.25, 0.3) is 0 Å². The third-order valence-corrected chi connectivity index (χ3v) is 5.18. The van der Waals surface area contributed by atoms with Gasteiger partial charge >= 0.3 is 0 Å². The Labute approximate surface area is 134 Å². The number of rotatable bonds is 3. The Hall–Kier alpha value is -0.870. The highest BCUT2D eigenvalue weighted by atomic mass is 79.9. The lowest BCUT2D eigenvalue weighted by atomic mass is 9.76. The summed E-state index contributed by atoms with van der Waals surface area (Å²) in [5.41, 5.74) is 1.92. The molecule has 0 heterocycles. The Morgan fingerprint density at radius 2 is 1.65 bits per heavy atom. The zero-order valence-electron chi connectivity index (χ0n) is 10.7. The Morgan fingerprint density at radius 3 is 2.35 bits per heavy atom. The molecule has 2 aromatic carbocycles. The van der Waals surface area contributed by atoms with E-state index in [-0.39, 0.29) is 5.82 Å². The molecule has 1 aliphatic carbocycles. The quantitative estimate of drug-likeness (QED) is 0.698. The molecule has 4 heteroatoms. The van der Waals surface area contributed by atoms with Gasteiger partial charge in [-0.05, 0) is 58.5 Å². The SMILES string of the molecule is Fc1cccc(Br)c1NC1CC(c2ccccc2Br)C1. The molecule has 0 aromatic heterocycles. The molecule has 1 aliphatic rings. The average Bonchev–Trinajstić information content (AvgIpc) is 2.37. The van der Waals surface area contributed by atoms with Gasteiger partial charge in [-0.1, -0.05) is 40.2 Å². The predicted octanol–water partition coefficient (Wildman–Crippen LogP) is 5.71. The van der Waals surface area contributed by atoms with Gasteiger partial charge in [-0.25, -0.2) is 4.39 Å². The average molecular weight is 399 g/mol. The summed E-state index contributed by atoms with van der Waals surface area (Å²) >= 11 is 6.98. The molecule has 1 N–H and O–H groups in total. The van der Waals surface area contributed by atoms with Crippen molar-refractivity contribution in [2.24, 2.45) is 0 Å². The highest BCUT2D eigenvalue weighted by Crippen LogP contribution is 2.42. The van der Waals surface area contributed by atoms with Gasteiger partial charge in [0.25, 0.3) is 0 Å². The molecule has 1 saturated carbocycles. The summed E-state index contributed by atoms with van der Waals surface area (Å²) in [6.45, 7) is 0. The van der Waals surface area contributed by atoms with E-state index in [1.54, 1.807) is 6.07 Å². The summed E-state index contributed by atoms with van der Waals surface area (Å²) in [6, 6.07) is 13.7. The molecular weight excluding hydrogens is 385 g/mol. The number of hydrogen-bond acceptors (Lipinski definition) is 1. The molecule has 3 rings (SSSR count). The van der Waals surface area contributed by atoms with Crippen LogP contribution in [0.1, 0.15) is 24.3 Å². The molecule has 20 heavy (non-hydrogen) atoms. The van der Waals surface area contributed by atoms with Crippen molar-refractivity contribution in [3.8, 4) is 0 Å². The fourth-order valence-corrected chi connectivity index (χ4v) is 3.70. The van der Waals surface area contributed by atoms with Crippen molar-refractivity contribution in [3.05, 3.63) is 62.8 Å².